The van der Waals surface area contributed by atoms with Gasteiger partial charge in [0.05, 0.1) is 0 Å². The van der Waals surface area contributed by atoms with E-state index in [1.807, 2.05) is 41.5 Å². The molecule has 2 saturated heterocycles. The van der Waals surface area contributed by atoms with Crippen LogP contribution in [0.5, 0.6) is 0 Å². The molecule has 0 spiro atoms. The number of rotatable bonds is 8. The zero-order valence-corrected chi connectivity index (χ0v) is 26.4. The lowest BCUT2D eigenvalue weighted by molar-refractivity contribution is -0.239. The van der Waals surface area contributed by atoms with Crippen LogP contribution in [-0.4, -0.2) is 69.4 Å². The third-order valence-corrected chi connectivity index (χ3v) is 13.1. The molecule has 0 aromatic heterocycles. The molecule has 7 atom stereocenters. The highest BCUT2D eigenvalue weighted by Gasteiger charge is 2.66. The Morgan fingerprint density at radius 3 is 1.50 bits per heavy atom. The summed E-state index contributed by atoms with van der Waals surface area (Å²) in [4.78, 5) is 0. The summed E-state index contributed by atoms with van der Waals surface area (Å²) in [5.41, 5.74) is 0. The first-order valence-corrected chi connectivity index (χ1v) is 16.5. The van der Waals surface area contributed by atoms with Crippen molar-refractivity contribution >= 4 is 18.7 Å². The summed E-state index contributed by atoms with van der Waals surface area (Å²) in [7, 11) is -2.95. The van der Waals surface area contributed by atoms with Crippen LogP contribution >= 0.6 is 0 Å². The molecule has 1 aliphatic carbocycles. The number of hydrogen-bond acceptors (Lipinski definition) is 7. The number of hydrogen-bond donors (Lipinski definition) is 0. The predicted molar refractivity (Wildman–Crippen MR) is 156 cm³/mol. The predicted octanol–water partition coefficient (Wildman–Crippen LogP) is 4.75. The minimum Gasteiger partial charge on any atom is -0.399 e. The van der Waals surface area contributed by atoms with Crippen molar-refractivity contribution < 1.29 is 32.8 Å². The monoisotopic (exact) mass is 570 g/mol. The van der Waals surface area contributed by atoms with Crippen LogP contribution in [0, 0.1) is 0 Å². The highest BCUT2D eigenvalue weighted by molar-refractivity contribution is 6.99. The minimum atomic E-state index is -2.95. The first-order valence-electron chi connectivity index (χ1n) is 14.6. The van der Waals surface area contributed by atoms with Gasteiger partial charge in [0.1, 0.15) is 36.6 Å². The standard InChI is InChI=1S/C32H46O7Si/c1-10-33-21(2)34-24-25-27(37-31(6,7)35-25)29(28-26(24)36-32(8,9)38-28)39-40(30(3,4)5,22-17-13-11-14-18-22)23-19-15-12-16-20-23/h11-21,24-29H,10H2,1-9H3/t21?,24?,25-,26?,27+,28+,29?/m0/s1. The van der Waals surface area contributed by atoms with Crippen molar-refractivity contribution in [2.24, 2.45) is 0 Å². The van der Waals surface area contributed by atoms with E-state index in [4.69, 9.17) is 32.8 Å². The van der Waals surface area contributed by atoms with Crippen LogP contribution in [0.3, 0.4) is 0 Å². The zero-order chi connectivity index (χ0) is 28.9. The molecule has 2 aromatic carbocycles. The summed E-state index contributed by atoms with van der Waals surface area (Å²) in [5.74, 6) is -1.65. The summed E-state index contributed by atoms with van der Waals surface area (Å²) in [6, 6.07) is 21.3. The molecule has 3 fully saturated rings. The van der Waals surface area contributed by atoms with Gasteiger partial charge in [0.15, 0.2) is 17.9 Å². The molecular weight excluding hydrogens is 524 g/mol. The first kappa shape index (κ1) is 29.9. The van der Waals surface area contributed by atoms with Crippen molar-refractivity contribution in [3.63, 3.8) is 0 Å². The fraction of sp³-hybridized carbons (Fsp3) is 0.625. The normalized spacial score (nSPS) is 31.9. The van der Waals surface area contributed by atoms with E-state index in [0.717, 1.165) is 0 Å². The van der Waals surface area contributed by atoms with Gasteiger partial charge in [-0.25, -0.2) is 0 Å². The molecule has 7 nitrogen and oxygen atoms in total. The lowest BCUT2D eigenvalue weighted by Gasteiger charge is -2.50. The van der Waals surface area contributed by atoms with Crippen LogP contribution in [0.15, 0.2) is 60.7 Å². The van der Waals surface area contributed by atoms with Gasteiger partial charge in [0.25, 0.3) is 8.32 Å². The maximum atomic E-state index is 7.67. The zero-order valence-electron chi connectivity index (χ0n) is 25.4. The minimum absolute atomic E-state index is 0.221. The summed E-state index contributed by atoms with van der Waals surface area (Å²) < 4.78 is 46.4. The lowest BCUT2D eigenvalue weighted by Crippen LogP contribution is -2.72. The van der Waals surface area contributed by atoms with Crippen molar-refractivity contribution in [2.75, 3.05) is 6.61 Å². The molecule has 2 heterocycles. The van der Waals surface area contributed by atoms with E-state index in [2.05, 4.69) is 81.4 Å². The van der Waals surface area contributed by atoms with Gasteiger partial charge in [-0.2, -0.15) is 0 Å². The SMILES string of the molecule is CCOC(C)OC1C2OC(C)(C)O[C@H]2C(O[Si](c2ccccc2)(c2ccccc2)C(C)(C)C)[C@@H]2OC(C)(C)O[C@@H]12. The fourth-order valence-corrected chi connectivity index (χ4v) is 11.4. The summed E-state index contributed by atoms with van der Waals surface area (Å²) in [5, 5.41) is 2.17. The summed E-state index contributed by atoms with van der Waals surface area (Å²) in [6.45, 7) is 19.0. The Morgan fingerprint density at radius 2 is 1.12 bits per heavy atom. The highest BCUT2D eigenvalue weighted by Crippen LogP contribution is 2.49. The van der Waals surface area contributed by atoms with E-state index in [9.17, 15) is 0 Å². The molecule has 0 N–H and O–H groups in total. The van der Waals surface area contributed by atoms with Crippen LogP contribution in [0.25, 0.3) is 0 Å². The van der Waals surface area contributed by atoms with E-state index in [0.29, 0.717) is 6.61 Å². The molecule has 40 heavy (non-hydrogen) atoms. The Kier molecular flexibility index (Phi) is 8.13. The van der Waals surface area contributed by atoms with Crippen LogP contribution in [-0.2, 0) is 32.8 Å². The molecule has 2 aliphatic heterocycles. The van der Waals surface area contributed by atoms with Crippen LogP contribution < -0.4 is 10.4 Å². The molecule has 1 saturated carbocycles. The van der Waals surface area contributed by atoms with Gasteiger partial charge in [-0.3, -0.25) is 0 Å². The molecule has 0 bridgehead atoms. The maximum Gasteiger partial charge on any atom is 0.261 e. The van der Waals surface area contributed by atoms with Gasteiger partial charge < -0.3 is 32.8 Å². The number of benzene rings is 2. The Morgan fingerprint density at radius 1 is 0.725 bits per heavy atom. The molecule has 4 unspecified atom stereocenters. The van der Waals surface area contributed by atoms with Gasteiger partial charge in [0, 0.05) is 6.61 Å². The Balaban J connectivity index is 1.65. The Labute approximate surface area is 240 Å². The quantitative estimate of drug-likeness (QED) is 0.335. The fourth-order valence-electron chi connectivity index (χ4n) is 6.70. The average molecular weight is 571 g/mol. The average Bonchev–Trinajstić information content (AvgIpc) is 3.38. The van der Waals surface area contributed by atoms with Gasteiger partial charge in [0.2, 0.25) is 0 Å². The summed E-state index contributed by atoms with van der Waals surface area (Å²) >= 11 is 0. The highest BCUT2D eigenvalue weighted by atomic mass is 28.4. The van der Waals surface area contributed by atoms with E-state index < -0.39 is 62.8 Å². The third-order valence-electron chi connectivity index (χ3n) is 8.10. The molecule has 0 radical (unpaired) electrons. The van der Waals surface area contributed by atoms with Gasteiger partial charge in [-0.1, -0.05) is 81.4 Å². The maximum absolute atomic E-state index is 7.67. The topological polar surface area (TPSA) is 64.6 Å². The van der Waals surface area contributed by atoms with Crippen molar-refractivity contribution in [3.8, 4) is 0 Å². The number of fused-ring (bicyclic) bond motifs is 2. The second-order valence-corrected chi connectivity index (χ2v) is 17.3. The molecule has 0 amide bonds. The van der Waals surface area contributed by atoms with Crippen molar-refractivity contribution in [3.05, 3.63) is 60.7 Å². The molecule has 220 valence electrons. The number of ether oxygens (including phenoxy) is 6. The smallest absolute Gasteiger partial charge is 0.261 e. The molecule has 8 heteroatoms. The van der Waals surface area contributed by atoms with E-state index in [-0.39, 0.29) is 5.04 Å². The van der Waals surface area contributed by atoms with Crippen molar-refractivity contribution in [1.82, 2.24) is 0 Å². The lowest BCUT2D eigenvalue weighted by atomic mass is 9.85. The molecule has 5 rings (SSSR count). The second-order valence-electron chi connectivity index (χ2n) is 13.0. The van der Waals surface area contributed by atoms with Crippen LogP contribution in [0.4, 0.5) is 0 Å². The third kappa shape index (κ3) is 5.45. The molecular formula is C32H46O7Si. The van der Waals surface area contributed by atoms with Crippen LogP contribution in [0.1, 0.15) is 62.3 Å². The van der Waals surface area contributed by atoms with E-state index >= 15 is 0 Å². The Hall–Kier alpha value is -1.62. The van der Waals surface area contributed by atoms with Gasteiger partial charge >= 0.3 is 0 Å². The van der Waals surface area contributed by atoms with Gasteiger partial charge in [-0.15, -0.1) is 0 Å². The second kappa shape index (κ2) is 10.9. The van der Waals surface area contributed by atoms with Gasteiger partial charge in [-0.05, 0) is 57.0 Å². The summed E-state index contributed by atoms with van der Waals surface area (Å²) in [6.07, 6.45) is -3.10. The molecule has 3 aliphatic rings. The molecule has 2 aromatic rings. The Bertz CT molecular complexity index is 1060. The van der Waals surface area contributed by atoms with E-state index in [1.165, 1.54) is 10.4 Å². The van der Waals surface area contributed by atoms with E-state index in [1.54, 1.807) is 0 Å². The first-order chi connectivity index (χ1) is 18.8. The van der Waals surface area contributed by atoms with Crippen molar-refractivity contribution in [1.29, 1.82) is 0 Å². The van der Waals surface area contributed by atoms with Crippen LogP contribution in [0.2, 0.25) is 5.04 Å². The van der Waals surface area contributed by atoms with Crippen molar-refractivity contribution in [2.45, 2.75) is 122 Å². The largest absolute Gasteiger partial charge is 0.399 e.